The van der Waals surface area contributed by atoms with E-state index < -0.39 is 0 Å². The first-order valence-corrected chi connectivity index (χ1v) is 6.19. The molecule has 1 heteroatoms. The lowest BCUT2D eigenvalue weighted by molar-refractivity contribution is 0.217. The fourth-order valence-corrected chi connectivity index (χ4v) is 1.74. The van der Waals surface area contributed by atoms with Gasteiger partial charge in [-0.25, -0.2) is 0 Å². The Morgan fingerprint density at radius 2 is 2.00 bits per heavy atom. The van der Waals surface area contributed by atoms with E-state index in [4.69, 9.17) is 0 Å². The van der Waals surface area contributed by atoms with Gasteiger partial charge < -0.3 is 5.11 Å². The number of allylic oxidation sites excluding steroid dienone is 1. The van der Waals surface area contributed by atoms with E-state index in [9.17, 15) is 5.11 Å². The molecule has 0 amide bonds. The van der Waals surface area contributed by atoms with E-state index in [-0.39, 0.29) is 0 Å². The number of aliphatic hydroxyl groups excluding tert-OH is 1. The fourth-order valence-electron chi connectivity index (χ4n) is 1.74. The van der Waals surface area contributed by atoms with Crippen LogP contribution in [0, 0.1) is 5.92 Å². The summed E-state index contributed by atoms with van der Waals surface area (Å²) in [5.74, 6) is 0.430. The number of aliphatic hydroxyl groups is 1. The Hall–Kier alpha value is -1.08. The van der Waals surface area contributed by atoms with Crippen molar-refractivity contribution in [2.45, 2.75) is 32.6 Å². The van der Waals surface area contributed by atoms with Crippen molar-refractivity contribution >= 4 is 6.08 Å². The van der Waals surface area contributed by atoms with Gasteiger partial charge >= 0.3 is 0 Å². The van der Waals surface area contributed by atoms with Crippen molar-refractivity contribution in [1.82, 2.24) is 0 Å². The van der Waals surface area contributed by atoms with Gasteiger partial charge in [-0.05, 0) is 24.3 Å². The molecule has 0 aliphatic heterocycles. The van der Waals surface area contributed by atoms with Crippen LogP contribution in [0.5, 0.6) is 0 Å². The first-order valence-electron chi connectivity index (χ1n) is 6.19. The van der Waals surface area contributed by atoms with Gasteiger partial charge in [0, 0.05) is 6.61 Å². The van der Waals surface area contributed by atoms with E-state index in [0.29, 0.717) is 12.5 Å². The molecule has 16 heavy (non-hydrogen) atoms. The Bertz CT molecular complexity index is 290. The minimum Gasteiger partial charge on any atom is -0.396 e. The van der Waals surface area contributed by atoms with E-state index in [1.165, 1.54) is 18.4 Å². The predicted octanol–water partition coefficient (Wildman–Crippen LogP) is 3.89. The fraction of sp³-hybridized carbons (Fsp3) is 0.467. The molecule has 0 saturated heterocycles. The molecule has 0 fully saturated rings. The van der Waals surface area contributed by atoms with Gasteiger partial charge in [0.2, 0.25) is 0 Å². The molecule has 0 heterocycles. The van der Waals surface area contributed by atoms with Gasteiger partial charge in [0.1, 0.15) is 0 Å². The maximum atomic E-state index is 9.22. The number of hydrogen-bond donors (Lipinski definition) is 1. The monoisotopic (exact) mass is 218 g/mol. The highest BCUT2D eigenvalue weighted by atomic mass is 16.3. The van der Waals surface area contributed by atoms with E-state index >= 15 is 0 Å². The zero-order valence-corrected chi connectivity index (χ0v) is 10.1. The summed E-state index contributed by atoms with van der Waals surface area (Å²) in [5, 5.41) is 9.22. The number of hydrogen-bond acceptors (Lipinski definition) is 1. The standard InChI is InChI=1S/C15H22O/c1-2-3-8-15(13-16)12-7-11-14-9-5-4-6-10-14/h4-7,9-11,15-16H,2-3,8,12-13H2,1H3/b11-7+/t15-/m1/s1. The van der Waals surface area contributed by atoms with E-state index in [1.807, 2.05) is 18.2 Å². The second-order valence-corrected chi connectivity index (χ2v) is 4.24. The van der Waals surface area contributed by atoms with Gasteiger partial charge in [-0.15, -0.1) is 0 Å². The third-order valence-electron chi connectivity index (χ3n) is 2.80. The summed E-state index contributed by atoms with van der Waals surface area (Å²) >= 11 is 0. The normalized spacial score (nSPS) is 13.1. The summed E-state index contributed by atoms with van der Waals surface area (Å²) in [7, 11) is 0. The first-order chi connectivity index (χ1) is 7.86. The van der Waals surface area contributed by atoms with Crippen molar-refractivity contribution in [3.05, 3.63) is 42.0 Å². The van der Waals surface area contributed by atoms with Crippen LogP contribution in [0.25, 0.3) is 6.08 Å². The molecule has 1 atom stereocenters. The number of unbranched alkanes of at least 4 members (excludes halogenated alkanes) is 1. The van der Waals surface area contributed by atoms with E-state index in [1.54, 1.807) is 0 Å². The van der Waals surface area contributed by atoms with Crippen LogP contribution in [0.4, 0.5) is 0 Å². The topological polar surface area (TPSA) is 20.2 Å². The molecule has 88 valence electrons. The molecular weight excluding hydrogens is 196 g/mol. The summed E-state index contributed by atoms with van der Waals surface area (Å²) in [6.07, 6.45) is 8.83. The Kier molecular flexibility index (Phi) is 6.59. The first kappa shape index (κ1) is 13.0. The van der Waals surface area contributed by atoms with Crippen LogP contribution in [0.15, 0.2) is 36.4 Å². The Labute approximate surface area is 98.8 Å². The predicted molar refractivity (Wildman–Crippen MR) is 70.2 cm³/mol. The maximum Gasteiger partial charge on any atom is 0.0462 e. The van der Waals surface area contributed by atoms with Crippen molar-refractivity contribution in [3.8, 4) is 0 Å². The zero-order valence-electron chi connectivity index (χ0n) is 10.1. The molecule has 1 aromatic rings. The Balaban J connectivity index is 2.34. The number of benzene rings is 1. The average molecular weight is 218 g/mol. The van der Waals surface area contributed by atoms with Crippen LogP contribution in [-0.2, 0) is 0 Å². The third-order valence-corrected chi connectivity index (χ3v) is 2.80. The van der Waals surface area contributed by atoms with Crippen molar-refractivity contribution < 1.29 is 5.11 Å². The van der Waals surface area contributed by atoms with Crippen LogP contribution < -0.4 is 0 Å². The second kappa shape index (κ2) is 8.12. The maximum absolute atomic E-state index is 9.22. The van der Waals surface area contributed by atoms with Gasteiger partial charge in [-0.1, -0.05) is 62.2 Å². The van der Waals surface area contributed by atoms with Crippen molar-refractivity contribution in [2.24, 2.45) is 5.92 Å². The summed E-state index contributed by atoms with van der Waals surface area (Å²) in [6.45, 7) is 2.49. The lowest BCUT2D eigenvalue weighted by Crippen LogP contribution is -2.04. The van der Waals surface area contributed by atoms with E-state index in [0.717, 1.165) is 12.8 Å². The molecule has 0 aromatic heterocycles. The molecule has 1 nitrogen and oxygen atoms in total. The van der Waals surface area contributed by atoms with Crippen LogP contribution in [0.3, 0.4) is 0 Å². The lowest BCUT2D eigenvalue weighted by atomic mass is 9.99. The largest absolute Gasteiger partial charge is 0.396 e. The molecular formula is C15H22O. The van der Waals surface area contributed by atoms with Gasteiger partial charge in [-0.2, -0.15) is 0 Å². The van der Waals surface area contributed by atoms with Crippen LogP contribution in [0.1, 0.15) is 38.2 Å². The number of rotatable bonds is 7. The van der Waals surface area contributed by atoms with Crippen molar-refractivity contribution in [3.63, 3.8) is 0 Å². The molecule has 0 bridgehead atoms. The quantitative estimate of drug-likeness (QED) is 0.736. The van der Waals surface area contributed by atoms with Crippen LogP contribution >= 0.6 is 0 Å². The molecule has 0 radical (unpaired) electrons. The van der Waals surface area contributed by atoms with Gasteiger partial charge in [-0.3, -0.25) is 0 Å². The van der Waals surface area contributed by atoms with Gasteiger partial charge in [0.05, 0.1) is 0 Å². The van der Waals surface area contributed by atoms with Crippen molar-refractivity contribution in [1.29, 1.82) is 0 Å². The average Bonchev–Trinajstić information content (AvgIpc) is 2.35. The zero-order chi connectivity index (χ0) is 11.6. The van der Waals surface area contributed by atoms with E-state index in [2.05, 4.69) is 31.2 Å². The minimum absolute atomic E-state index is 0.305. The molecule has 0 saturated carbocycles. The molecule has 1 N–H and O–H groups in total. The minimum atomic E-state index is 0.305. The SMILES string of the molecule is CCCC[C@@H](CO)C/C=C/c1ccccc1. The van der Waals surface area contributed by atoms with Crippen molar-refractivity contribution in [2.75, 3.05) is 6.61 Å². The highest BCUT2D eigenvalue weighted by Gasteiger charge is 2.03. The Morgan fingerprint density at radius 3 is 2.62 bits per heavy atom. The summed E-state index contributed by atoms with van der Waals surface area (Å²) in [5.41, 5.74) is 1.23. The molecule has 1 rings (SSSR count). The molecule has 0 aliphatic carbocycles. The lowest BCUT2D eigenvalue weighted by Gasteiger charge is -2.10. The summed E-state index contributed by atoms with van der Waals surface area (Å²) < 4.78 is 0. The van der Waals surface area contributed by atoms with Crippen LogP contribution in [-0.4, -0.2) is 11.7 Å². The van der Waals surface area contributed by atoms with Gasteiger partial charge in [0.15, 0.2) is 0 Å². The summed E-state index contributed by atoms with van der Waals surface area (Å²) in [6, 6.07) is 10.3. The molecule has 0 spiro atoms. The Morgan fingerprint density at radius 1 is 1.25 bits per heavy atom. The third kappa shape index (κ3) is 5.13. The molecule has 0 aliphatic rings. The molecule has 0 unspecified atom stereocenters. The molecule has 1 aromatic carbocycles. The smallest absolute Gasteiger partial charge is 0.0462 e. The summed E-state index contributed by atoms with van der Waals surface area (Å²) in [4.78, 5) is 0. The highest BCUT2D eigenvalue weighted by molar-refractivity contribution is 5.48. The van der Waals surface area contributed by atoms with Gasteiger partial charge in [0.25, 0.3) is 0 Å². The van der Waals surface area contributed by atoms with Crippen LogP contribution in [0.2, 0.25) is 0 Å². The second-order valence-electron chi connectivity index (χ2n) is 4.24. The highest BCUT2D eigenvalue weighted by Crippen LogP contribution is 2.13.